The predicted octanol–water partition coefficient (Wildman–Crippen LogP) is 4.80. The lowest BCUT2D eigenvalue weighted by atomic mass is 10.2. The van der Waals surface area contributed by atoms with Gasteiger partial charge in [0.1, 0.15) is 0 Å². The van der Waals surface area contributed by atoms with E-state index in [9.17, 15) is 0 Å². The van der Waals surface area contributed by atoms with Gasteiger partial charge in [-0.05, 0) is 74.2 Å². The number of nitrogens with zero attached hydrogens (tertiary/aromatic N) is 10. The number of benzene rings is 2. The minimum absolute atomic E-state index is 0.618. The van der Waals surface area contributed by atoms with Crippen LogP contribution in [0, 0.1) is 22.7 Å². The molecule has 0 unspecified atom stereocenters. The summed E-state index contributed by atoms with van der Waals surface area (Å²) >= 11 is 0. The molecule has 4 rings (SSSR count). The van der Waals surface area contributed by atoms with Crippen LogP contribution in [0.25, 0.3) is 0 Å². The van der Waals surface area contributed by atoms with E-state index in [1.165, 1.54) is 0 Å². The van der Waals surface area contributed by atoms with E-state index in [2.05, 4.69) is 42.6 Å². The highest BCUT2D eigenvalue weighted by molar-refractivity contribution is 5.42. The van der Waals surface area contributed by atoms with Crippen LogP contribution < -0.4 is 0 Å². The van der Waals surface area contributed by atoms with Crippen molar-refractivity contribution in [1.29, 1.82) is 10.5 Å². The normalized spacial score (nSPS) is 18.3. The molecule has 0 bridgehead atoms. The largest absolute Gasteiger partial charge is 0.272 e. The van der Waals surface area contributed by atoms with Crippen molar-refractivity contribution in [3.63, 3.8) is 0 Å². The van der Waals surface area contributed by atoms with E-state index in [0.29, 0.717) is 11.1 Å². The first-order chi connectivity index (χ1) is 17.2. The summed E-state index contributed by atoms with van der Waals surface area (Å²) in [5.74, 6) is 0. The lowest BCUT2D eigenvalue weighted by molar-refractivity contribution is 0.0535. The molecule has 0 aromatic heterocycles. The average Bonchev–Trinajstić information content (AvgIpc) is 3.27. The van der Waals surface area contributed by atoms with E-state index in [4.69, 9.17) is 10.5 Å². The Hall–Kier alpha value is -3.86. The molecule has 0 saturated carbocycles. The molecule has 2 saturated heterocycles. The number of nitriles is 2. The first-order valence-corrected chi connectivity index (χ1v) is 12.0. The second-order valence-electron chi connectivity index (χ2n) is 8.78. The van der Waals surface area contributed by atoms with Crippen molar-refractivity contribution in [3.05, 3.63) is 59.7 Å². The Labute approximate surface area is 206 Å². The zero-order chi connectivity index (χ0) is 24.3. The number of rotatable bonds is 6. The van der Waals surface area contributed by atoms with Gasteiger partial charge in [-0.2, -0.15) is 10.5 Å². The van der Waals surface area contributed by atoms with Crippen molar-refractivity contribution in [3.8, 4) is 12.1 Å². The molecule has 2 heterocycles. The number of hydrogen-bond donors (Lipinski definition) is 0. The van der Waals surface area contributed by atoms with Crippen LogP contribution in [0.15, 0.2) is 69.2 Å². The van der Waals surface area contributed by atoms with Crippen LogP contribution in [0.5, 0.6) is 0 Å². The molecule has 2 aliphatic rings. The van der Waals surface area contributed by atoms with Gasteiger partial charge < -0.3 is 0 Å². The third kappa shape index (κ3) is 7.57. The van der Waals surface area contributed by atoms with Gasteiger partial charge >= 0.3 is 0 Å². The number of hydrogen-bond acceptors (Lipinski definition) is 8. The van der Waals surface area contributed by atoms with Crippen LogP contribution >= 0.6 is 0 Å². The second-order valence-corrected chi connectivity index (χ2v) is 8.78. The van der Waals surface area contributed by atoms with Crippen LogP contribution in [0.4, 0.5) is 11.4 Å². The summed E-state index contributed by atoms with van der Waals surface area (Å²) in [7, 11) is 0. The van der Waals surface area contributed by atoms with Gasteiger partial charge in [-0.15, -0.1) is 10.2 Å². The van der Waals surface area contributed by atoms with E-state index < -0.39 is 0 Å². The van der Waals surface area contributed by atoms with Gasteiger partial charge in [-0.25, -0.2) is 0 Å². The molecule has 10 heteroatoms. The van der Waals surface area contributed by atoms with Crippen molar-refractivity contribution in [2.45, 2.75) is 25.7 Å². The summed E-state index contributed by atoms with van der Waals surface area (Å²) in [6.45, 7) is 6.08. The van der Waals surface area contributed by atoms with E-state index >= 15 is 0 Å². The molecule has 2 aromatic carbocycles. The highest BCUT2D eigenvalue weighted by Crippen LogP contribution is 2.18. The lowest BCUT2D eigenvalue weighted by Crippen LogP contribution is -2.44. The average molecular weight is 471 g/mol. The van der Waals surface area contributed by atoms with E-state index in [-0.39, 0.29) is 0 Å². The van der Waals surface area contributed by atoms with Gasteiger partial charge in [0.2, 0.25) is 0 Å². The molecule has 2 aromatic rings. The van der Waals surface area contributed by atoms with Gasteiger partial charge in [0.25, 0.3) is 0 Å². The van der Waals surface area contributed by atoms with Crippen molar-refractivity contribution in [2.75, 3.05) is 46.2 Å². The molecule has 10 nitrogen and oxygen atoms in total. The molecule has 0 atom stereocenters. The molecule has 0 radical (unpaired) electrons. The topological polar surface area (TPSA) is 110 Å². The molecule has 2 aliphatic heterocycles. The third-order valence-electron chi connectivity index (χ3n) is 5.97. The van der Waals surface area contributed by atoms with Crippen LogP contribution in [0.1, 0.15) is 36.8 Å². The molecular formula is C25H30N10. The lowest BCUT2D eigenvalue weighted by Gasteiger charge is -2.31. The molecular weight excluding hydrogens is 440 g/mol. The Kier molecular flexibility index (Phi) is 8.71. The van der Waals surface area contributed by atoms with Crippen LogP contribution in [0.2, 0.25) is 0 Å². The first-order valence-electron chi connectivity index (χ1n) is 12.0. The Bertz CT molecular complexity index is 994. The Morgan fingerprint density at radius 1 is 0.600 bits per heavy atom. The zero-order valence-electron chi connectivity index (χ0n) is 19.9. The maximum atomic E-state index is 8.95. The zero-order valence-corrected chi connectivity index (χ0v) is 19.9. The second kappa shape index (κ2) is 12.6. The minimum atomic E-state index is 0.618. The van der Waals surface area contributed by atoms with E-state index in [0.717, 1.165) is 83.2 Å². The van der Waals surface area contributed by atoms with Crippen LogP contribution in [-0.2, 0) is 0 Å². The maximum absolute atomic E-state index is 8.95. The monoisotopic (exact) mass is 470 g/mol. The molecule has 0 spiro atoms. The molecule has 0 N–H and O–H groups in total. The fourth-order valence-electron chi connectivity index (χ4n) is 4.10. The first kappa shape index (κ1) is 24.3. The Morgan fingerprint density at radius 3 is 1.40 bits per heavy atom. The minimum Gasteiger partial charge on any atom is -0.272 e. The summed E-state index contributed by atoms with van der Waals surface area (Å²) in [6, 6.07) is 18.5. The summed E-state index contributed by atoms with van der Waals surface area (Å²) in [6.07, 6.45) is 4.40. The molecule has 0 aliphatic carbocycles. The van der Waals surface area contributed by atoms with E-state index in [1.807, 2.05) is 34.3 Å². The fourth-order valence-corrected chi connectivity index (χ4v) is 4.10. The maximum Gasteiger partial charge on any atom is 0.0991 e. The Morgan fingerprint density at radius 2 is 1.00 bits per heavy atom. The molecule has 2 fully saturated rings. The highest BCUT2D eigenvalue weighted by atomic mass is 15.6. The molecule has 180 valence electrons. The molecule has 35 heavy (non-hydrogen) atoms. The van der Waals surface area contributed by atoms with Crippen molar-refractivity contribution in [2.24, 2.45) is 20.7 Å². The fraction of sp³-hybridized carbons (Fsp3) is 0.440. The van der Waals surface area contributed by atoms with Crippen molar-refractivity contribution >= 4 is 11.4 Å². The van der Waals surface area contributed by atoms with Crippen LogP contribution in [0.3, 0.4) is 0 Å². The summed E-state index contributed by atoms with van der Waals surface area (Å²) in [4.78, 5) is 4.82. The molecule has 0 amide bonds. The summed E-state index contributed by atoms with van der Waals surface area (Å²) in [5, 5.41) is 39.6. The SMILES string of the molecule is N#Cc1ccc(N=NN2CCCCN(CN3CCCCN(N=Nc4ccc(C#N)cc4)C3)C2)cc1. The predicted molar refractivity (Wildman–Crippen MR) is 131 cm³/mol. The standard InChI is InChI=1S/C25H30N10/c26-17-22-5-9-24(10-6-22)28-30-34-15-3-1-13-32(20-34)19-33-14-2-4-16-35(21-33)31-29-25-11-7-23(18-27)8-12-25/h5-12H,1-4,13-16,19-21H2. The van der Waals surface area contributed by atoms with Gasteiger partial charge in [0.15, 0.2) is 0 Å². The van der Waals surface area contributed by atoms with Crippen molar-refractivity contribution in [1.82, 2.24) is 19.8 Å². The quantitative estimate of drug-likeness (QED) is 0.561. The van der Waals surface area contributed by atoms with Crippen LogP contribution in [-0.4, -0.2) is 66.0 Å². The third-order valence-corrected chi connectivity index (χ3v) is 5.97. The highest BCUT2D eigenvalue weighted by Gasteiger charge is 2.20. The smallest absolute Gasteiger partial charge is 0.0991 e. The Balaban J connectivity index is 1.32. The van der Waals surface area contributed by atoms with Gasteiger partial charge in [0, 0.05) is 26.2 Å². The van der Waals surface area contributed by atoms with Gasteiger partial charge in [-0.3, -0.25) is 19.8 Å². The van der Waals surface area contributed by atoms with Gasteiger partial charge in [-0.1, -0.05) is 10.4 Å². The van der Waals surface area contributed by atoms with Crippen molar-refractivity contribution < 1.29 is 0 Å². The summed E-state index contributed by atoms with van der Waals surface area (Å²) in [5.41, 5.74) is 2.73. The van der Waals surface area contributed by atoms with Gasteiger partial charge in [0.05, 0.1) is 54.6 Å². The van der Waals surface area contributed by atoms with E-state index in [1.54, 1.807) is 24.3 Å². The summed E-state index contributed by atoms with van der Waals surface area (Å²) < 4.78 is 0.